The number of rotatable bonds is 1. The molecule has 19 heavy (non-hydrogen) atoms. The van der Waals surface area contributed by atoms with Crippen LogP contribution in [-0.4, -0.2) is 14.6 Å². The highest BCUT2D eigenvalue weighted by atomic mass is 19.4. The van der Waals surface area contributed by atoms with E-state index in [-0.39, 0.29) is 5.65 Å². The highest BCUT2D eigenvalue weighted by Crippen LogP contribution is 2.33. The van der Waals surface area contributed by atoms with Crippen LogP contribution < -0.4 is 0 Å². The van der Waals surface area contributed by atoms with Crippen LogP contribution in [-0.2, 0) is 6.18 Å². The molecule has 3 aromatic rings. The Morgan fingerprint density at radius 1 is 1.00 bits per heavy atom. The zero-order chi connectivity index (χ0) is 13.5. The molecular weight excluding hydrogens is 255 g/mol. The molecule has 2 aromatic heterocycles. The fourth-order valence-electron chi connectivity index (χ4n) is 1.92. The lowest BCUT2D eigenvalue weighted by atomic mass is 10.1. The first-order valence-corrected chi connectivity index (χ1v) is 5.52. The van der Waals surface area contributed by atoms with E-state index < -0.39 is 11.7 Å². The monoisotopic (exact) mass is 263 g/mol. The fourth-order valence-corrected chi connectivity index (χ4v) is 1.92. The van der Waals surface area contributed by atoms with Gasteiger partial charge in [0.2, 0.25) is 0 Å². The second kappa shape index (κ2) is 4.08. The number of benzene rings is 1. The van der Waals surface area contributed by atoms with E-state index in [4.69, 9.17) is 0 Å². The minimum atomic E-state index is -4.41. The standard InChI is InChI=1S/C13H8F3N3/c14-13(15,16)10-6-11(9-4-2-1-3-5-9)19-8-17-18-12(19)7-10/h1-8H. The van der Waals surface area contributed by atoms with Crippen LogP contribution in [0.25, 0.3) is 16.9 Å². The lowest BCUT2D eigenvalue weighted by molar-refractivity contribution is -0.137. The Labute approximate surface area is 106 Å². The first-order chi connectivity index (χ1) is 9.05. The van der Waals surface area contributed by atoms with Gasteiger partial charge in [-0.1, -0.05) is 30.3 Å². The SMILES string of the molecule is FC(F)(F)c1cc(-c2ccccc2)n2cnnc2c1. The second-order valence-corrected chi connectivity index (χ2v) is 4.05. The maximum Gasteiger partial charge on any atom is 0.416 e. The van der Waals surface area contributed by atoms with E-state index in [2.05, 4.69) is 10.2 Å². The summed E-state index contributed by atoms with van der Waals surface area (Å²) in [6.07, 6.45) is -3.00. The molecule has 0 radical (unpaired) electrons. The Kier molecular flexibility index (Phi) is 2.51. The summed E-state index contributed by atoms with van der Waals surface area (Å²) in [5.41, 5.74) is 0.536. The van der Waals surface area contributed by atoms with Crippen molar-refractivity contribution in [3.8, 4) is 11.3 Å². The normalized spacial score (nSPS) is 11.9. The number of hydrogen-bond donors (Lipinski definition) is 0. The zero-order valence-corrected chi connectivity index (χ0v) is 9.59. The quantitative estimate of drug-likeness (QED) is 0.673. The van der Waals surface area contributed by atoms with Crippen molar-refractivity contribution in [3.63, 3.8) is 0 Å². The highest BCUT2D eigenvalue weighted by Gasteiger charge is 2.31. The summed E-state index contributed by atoms with van der Waals surface area (Å²) >= 11 is 0. The van der Waals surface area contributed by atoms with Crippen molar-refractivity contribution in [2.75, 3.05) is 0 Å². The van der Waals surface area contributed by atoms with Gasteiger partial charge in [0.1, 0.15) is 6.33 Å². The highest BCUT2D eigenvalue weighted by molar-refractivity contribution is 5.64. The van der Waals surface area contributed by atoms with Gasteiger partial charge >= 0.3 is 6.18 Å². The van der Waals surface area contributed by atoms with Crippen LogP contribution in [0.1, 0.15) is 5.56 Å². The van der Waals surface area contributed by atoms with E-state index >= 15 is 0 Å². The zero-order valence-electron chi connectivity index (χ0n) is 9.59. The molecule has 0 fully saturated rings. The third kappa shape index (κ3) is 2.05. The summed E-state index contributed by atoms with van der Waals surface area (Å²) in [4.78, 5) is 0. The first kappa shape index (κ1) is 11.7. The molecule has 6 heteroatoms. The molecule has 0 aliphatic carbocycles. The first-order valence-electron chi connectivity index (χ1n) is 5.52. The lowest BCUT2D eigenvalue weighted by Gasteiger charge is -2.11. The van der Waals surface area contributed by atoms with Gasteiger partial charge in [-0.15, -0.1) is 10.2 Å². The van der Waals surface area contributed by atoms with Crippen molar-refractivity contribution in [1.82, 2.24) is 14.6 Å². The number of fused-ring (bicyclic) bond motifs is 1. The lowest BCUT2D eigenvalue weighted by Crippen LogP contribution is -2.07. The number of hydrogen-bond acceptors (Lipinski definition) is 2. The molecular formula is C13H8F3N3. The van der Waals surface area contributed by atoms with E-state index in [1.165, 1.54) is 10.7 Å². The molecule has 0 saturated carbocycles. The number of aromatic nitrogens is 3. The van der Waals surface area contributed by atoms with Crippen molar-refractivity contribution >= 4 is 5.65 Å². The summed E-state index contributed by atoms with van der Waals surface area (Å²) in [6, 6.07) is 10.9. The third-order valence-electron chi connectivity index (χ3n) is 2.81. The molecule has 0 atom stereocenters. The summed E-state index contributed by atoms with van der Waals surface area (Å²) in [6.45, 7) is 0. The van der Waals surface area contributed by atoms with Gasteiger partial charge in [0.15, 0.2) is 5.65 Å². The van der Waals surface area contributed by atoms with E-state index in [1.807, 2.05) is 0 Å². The van der Waals surface area contributed by atoms with Crippen LogP contribution in [0.15, 0.2) is 48.8 Å². The number of alkyl halides is 3. The van der Waals surface area contributed by atoms with Gasteiger partial charge in [0.05, 0.1) is 11.3 Å². The summed E-state index contributed by atoms with van der Waals surface area (Å²) in [7, 11) is 0. The Morgan fingerprint density at radius 2 is 1.74 bits per heavy atom. The smallest absolute Gasteiger partial charge is 0.281 e. The predicted octanol–water partition coefficient (Wildman–Crippen LogP) is 3.42. The minimum Gasteiger partial charge on any atom is -0.281 e. The van der Waals surface area contributed by atoms with Gasteiger partial charge in [-0.2, -0.15) is 13.2 Å². The molecule has 0 N–H and O–H groups in total. The molecule has 0 aliphatic heterocycles. The number of nitrogens with zero attached hydrogens (tertiary/aromatic N) is 3. The average Bonchev–Trinajstić information content (AvgIpc) is 2.85. The molecule has 96 valence electrons. The van der Waals surface area contributed by atoms with Gasteiger partial charge in [0, 0.05) is 0 Å². The van der Waals surface area contributed by atoms with Crippen molar-refractivity contribution < 1.29 is 13.2 Å². The van der Waals surface area contributed by atoms with Gasteiger partial charge in [-0.25, -0.2) is 0 Å². The molecule has 3 nitrogen and oxygen atoms in total. The van der Waals surface area contributed by atoms with Crippen LogP contribution in [0.3, 0.4) is 0 Å². The third-order valence-corrected chi connectivity index (χ3v) is 2.81. The summed E-state index contributed by atoms with van der Waals surface area (Å²) in [5, 5.41) is 7.35. The van der Waals surface area contributed by atoms with Gasteiger partial charge in [0.25, 0.3) is 0 Å². The van der Waals surface area contributed by atoms with Crippen LogP contribution in [0.4, 0.5) is 13.2 Å². The van der Waals surface area contributed by atoms with Crippen LogP contribution in [0.2, 0.25) is 0 Å². The molecule has 0 amide bonds. The number of pyridine rings is 1. The van der Waals surface area contributed by atoms with Crippen LogP contribution in [0.5, 0.6) is 0 Å². The van der Waals surface area contributed by atoms with E-state index in [1.54, 1.807) is 30.3 Å². The van der Waals surface area contributed by atoms with Crippen molar-refractivity contribution in [2.45, 2.75) is 6.18 Å². The maximum atomic E-state index is 12.9. The summed E-state index contributed by atoms with van der Waals surface area (Å²) in [5.74, 6) is 0. The molecule has 0 aliphatic rings. The van der Waals surface area contributed by atoms with E-state index in [0.29, 0.717) is 11.3 Å². The van der Waals surface area contributed by atoms with Crippen molar-refractivity contribution in [2.24, 2.45) is 0 Å². The van der Waals surface area contributed by atoms with Gasteiger partial charge in [-0.3, -0.25) is 4.40 Å². The fraction of sp³-hybridized carbons (Fsp3) is 0.0769. The average molecular weight is 263 g/mol. The molecule has 0 spiro atoms. The molecule has 1 aromatic carbocycles. The minimum absolute atomic E-state index is 0.175. The second-order valence-electron chi connectivity index (χ2n) is 4.05. The Hall–Kier alpha value is -2.37. The topological polar surface area (TPSA) is 30.2 Å². The Morgan fingerprint density at radius 3 is 2.42 bits per heavy atom. The van der Waals surface area contributed by atoms with E-state index in [0.717, 1.165) is 12.1 Å². The Balaban J connectivity index is 2.31. The molecule has 2 heterocycles. The van der Waals surface area contributed by atoms with Gasteiger partial charge in [-0.05, 0) is 17.7 Å². The van der Waals surface area contributed by atoms with Gasteiger partial charge < -0.3 is 0 Å². The predicted molar refractivity (Wildman–Crippen MR) is 63.4 cm³/mol. The molecule has 0 bridgehead atoms. The largest absolute Gasteiger partial charge is 0.416 e. The Bertz CT molecular complexity index is 717. The van der Waals surface area contributed by atoms with E-state index in [9.17, 15) is 13.2 Å². The molecule has 0 saturated heterocycles. The number of halogens is 3. The van der Waals surface area contributed by atoms with Crippen LogP contribution in [0, 0.1) is 0 Å². The van der Waals surface area contributed by atoms with Crippen molar-refractivity contribution in [1.29, 1.82) is 0 Å². The summed E-state index contributed by atoms with van der Waals surface area (Å²) < 4.78 is 40.1. The molecule has 0 unspecified atom stereocenters. The molecule has 3 rings (SSSR count). The maximum absolute atomic E-state index is 12.9. The van der Waals surface area contributed by atoms with Crippen molar-refractivity contribution in [3.05, 3.63) is 54.4 Å². The van der Waals surface area contributed by atoms with Crippen LogP contribution >= 0.6 is 0 Å².